The van der Waals surface area contributed by atoms with Crippen LogP contribution in [0, 0.1) is 20.2 Å². The zero-order chi connectivity index (χ0) is 17.0. The van der Waals surface area contributed by atoms with Gasteiger partial charge in [0.1, 0.15) is 0 Å². The highest BCUT2D eigenvalue weighted by Gasteiger charge is 2.39. The highest BCUT2D eigenvalue weighted by Crippen LogP contribution is 2.30. The lowest BCUT2D eigenvalue weighted by molar-refractivity contribution is -0.394. The number of ketones is 1. The van der Waals surface area contributed by atoms with E-state index >= 15 is 0 Å². The number of nitro groups is 2. The molecule has 9 nitrogen and oxygen atoms in total. The molecule has 0 heterocycles. The summed E-state index contributed by atoms with van der Waals surface area (Å²) in [5.74, 6) is -3.25. The first kappa shape index (κ1) is 17.1. The summed E-state index contributed by atoms with van der Waals surface area (Å²) >= 11 is 0. The van der Waals surface area contributed by atoms with Gasteiger partial charge in [0.05, 0.1) is 16.0 Å². The highest BCUT2D eigenvalue weighted by molar-refractivity contribution is 6.15. The van der Waals surface area contributed by atoms with Crippen molar-refractivity contribution in [3.8, 4) is 0 Å². The minimum atomic E-state index is -2.89. The number of esters is 1. The van der Waals surface area contributed by atoms with Gasteiger partial charge in [0.2, 0.25) is 5.78 Å². The van der Waals surface area contributed by atoms with Gasteiger partial charge in [0.25, 0.3) is 17.5 Å². The van der Waals surface area contributed by atoms with Crippen LogP contribution in [0.25, 0.3) is 0 Å². The van der Waals surface area contributed by atoms with E-state index in [0.29, 0.717) is 0 Å². The van der Waals surface area contributed by atoms with E-state index in [4.69, 9.17) is 0 Å². The van der Waals surface area contributed by atoms with E-state index in [2.05, 4.69) is 4.74 Å². The van der Waals surface area contributed by atoms with Crippen LogP contribution in [0.15, 0.2) is 18.2 Å². The maximum atomic E-state index is 13.9. The smallest absolute Gasteiger partial charge is 0.349 e. The minimum absolute atomic E-state index is 0.723. The van der Waals surface area contributed by atoms with E-state index in [0.717, 1.165) is 18.2 Å². The van der Waals surface area contributed by atoms with Gasteiger partial charge in [-0.1, -0.05) is 0 Å². The SMILES string of the molecule is CC(C)OC(=O)C(F)C(=O)c1c([N+](=O)[O-])cccc1[N+](=O)[O-]. The van der Waals surface area contributed by atoms with E-state index in [-0.39, 0.29) is 0 Å². The normalized spacial score (nSPS) is 11.8. The van der Waals surface area contributed by atoms with Crippen LogP contribution >= 0.6 is 0 Å². The van der Waals surface area contributed by atoms with E-state index in [1.807, 2.05) is 0 Å². The van der Waals surface area contributed by atoms with Gasteiger partial charge in [-0.05, 0) is 19.9 Å². The first-order valence-corrected chi connectivity index (χ1v) is 5.97. The van der Waals surface area contributed by atoms with Crippen molar-refractivity contribution in [2.75, 3.05) is 0 Å². The maximum Gasteiger partial charge on any atom is 0.349 e. The molecular weight excluding hydrogens is 303 g/mol. The predicted molar refractivity (Wildman–Crippen MR) is 70.2 cm³/mol. The molecule has 0 spiro atoms. The standard InChI is InChI=1S/C12H11FN2O7/c1-6(2)22-12(17)10(13)11(16)9-7(14(18)19)4-3-5-8(9)15(20)21/h3-6,10H,1-2H3. The number of ether oxygens (including phenoxy) is 1. The molecule has 1 rings (SSSR count). The summed E-state index contributed by atoms with van der Waals surface area (Å²) in [6.07, 6.45) is -3.61. The van der Waals surface area contributed by atoms with E-state index in [1.165, 1.54) is 13.8 Å². The average molecular weight is 314 g/mol. The summed E-state index contributed by atoms with van der Waals surface area (Å²) in [5.41, 5.74) is -3.00. The molecule has 0 N–H and O–H groups in total. The van der Waals surface area contributed by atoms with Gasteiger partial charge in [-0.2, -0.15) is 0 Å². The van der Waals surface area contributed by atoms with Gasteiger partial charge >= 0.3 is 5.97 Å². The van der Waals surface area contributed by atoms with Crippen LogP contribution in [0.1, 0.15) is 24.2 Å². The third kappa shape index (κ3) is 3.59. The molecule has 1 aromatic rings. The molecule has 118 valence electrons. The van der Waals surface area contributed by atoms with Crippen molar-refractivity contribution in [1.29, 1.82) is 0 Å². The number of carbonyl (C=O) groups excluding carboxylic acids is 2. The summed E-state index contributed by atoms with van der Waals surface area (Å²) in [7, 11) is 0. The topological polar surface area (TPSA) is 130 Å². The quantitative estimate of drug-likeness (QED) is 0.258. The third-order valence-electron chi connectivity index (χ3n) is 2.45. The third-order valence-corrected chi connectivity index (χ3v) is 2.45. The van der Waals surface area contributed by atoms with E-state index < -0.39 is 50.8 Å². The minimum Gasteiger partial charge on any atom is -0.460 e. The second kappa shape index (κ2) is 6.70. The van der Waals surface area contributed by atoms with Crippen LogP contribution < -0.4 is 0 Å². The summed E-state index contributed by atoms with van der Waals surface area (Å²) in [6, 6.07) is 2.59. The number of rotatable bonds is 6. The molecular formula is C12H11FN2O7. The van der Waals surface area contributed by atoms with E-state index in [9.17, 15) is 34.2 Å². The molecule has 1 atom stereocenters. The summed E-state index contributed by atoms with van der Waals surface area (Å²) in [5, 5.41) is 21.7. The van der Waals surface area contributed by atoms with Crippen molar-refractivity contribution in [2.45, 2.75) is 26.1 Å². The van der Waals surface area contributed by atoms with Crippen LogP contribution in [-0.4, -0.2) is 33.9 Å². The van der Waals surface area contributed by atoms with Crippen LogP contribution in [0.2, 0.25) is 0 Å². The number of benzene rings is 1. The fourth-order valence-corrected chi connectivity index (χ4v) is 1.61. The number of alkyl halides is 1. The van der Waals surface area contributed by atoms with Crippen LogP contribution in [-0.2, 0) is 9.53 Å². The van der Waals surface area contributed by atoms with Gasteiger partial charge in [-0.25, -0.2) is 9.18 Å². The Morgan fingerprint density at radius 3 is 1.95 bits per heavy atom. The molecule has 0 amide bonds. The molecule has 0 fully saturated rings. The first-order valence-electron chi connectivity index (χ1n) is 5.97. The number of halogens is 1. The summed E-state index contributed by atoms with van der Waals surface area (Å²) < 4.78 is 18.3. The number of nitrogens with zero attached hydrogens (tertiary/aromatic N) is 2. The van der Waals surface area contributed by atoms with Crippen LogP contribution in [0.4, 0.5) is 15.8 Å². The zero-order valence-electron chi connectivity index (χ0n) is 11.5. The Kier molecular flexibility index (Phi) is 5.22. The van der Waals surface area contributed by atoms with Crippen molar-refractivity contribution >= 4 is 23.1 Å². The monoisotopic (exact) mass is 314 g/mol. The molecule has 0 aliphatic heterocycles. The lowest BCUT2D eigenvalue weighted by atomic mass is 10.0. The Hall–Kier alpha value is -2.91. The number of Topliss-reactive ketones (excluding diaryl/α,β-unsaturated/α-hetero) is 1. The Bertz CT molecular complexity index is 612. The second-order valence-corrected chi connectivity index (χ2v) is 4.40. The highest BCUT2D eigenvalue weighted by atomic mass is 19.1. The van der Waals surface area contributed by atoms with Crippen molar-refractivity contribution in [2.24, 2.45) is 0 Å². The summed E-state index contributed by atoms with van der Waals surface area (Å²) in [4.78, 5) is 42.9. The Morgan fingerprint density at radius 1 is 1.14 bits per heavy atom. The van der Waals surface area contributed by atoms with Gasteiger partial charge in [0, 0.05) is 12.1 Å². The average Bonchev–Trinajstić information content (AvgIpc) is 2.43. The van der Waals surface area contributed by atoms with Crippen molar-refractivity contribution in [3.63, 3.8) is 0 Å². The molecule has 0 aliphatic rings. The molecule has 1 unspecified atom stereocenters. The van der Waals surface area contributed by atoms with Crippen LogP contribution in [0.3, 0.4) is 0 Å². The molecule has 0 aliphatic carbocycles. The predicted octanol–water partition coefficient (Wildman–Crippen LogP) is 1.98. The van der Waals surface area contributed by atoms with Gasteiger partial charge in [0.15, 0.2) is 5.56 Å². The van der Waals surface area contributed by atoms with Crippen molar-refractivity contribution in [1.82, 2.24) is 0 Å². The Morgan fingerprint density at radius 2 is 1.59 bits per heavy atom. The maximum absolute atomic E-state index is 13.9. The molecule has 22 heavy (non-hydrogen) atoms. The fraction of sp³-hybridized carbons (Fsp3) is 0.333. The largest absolute Gasteiger partial charge is 0.460 e. The summed E-state index contributed by atoms with van der Waals surface area (Å²) in [6.45, 7) is 2.81. The molecule has 10 heteroatoms. The number of hydrogen-bond acceptors (Lipinski definition) is 7. The molecule has 0 radical (unpaired) electrons. The molecule has 1 aromatic carbocycles. The van der Waals surface area contributed by atoms with E-state index in [1.54, 1.807) is 0 Å². The van der Waals surface area contributed by atoms with Gasteiger partial charge in [-0.3, -0.25) is 25.0 Å². The fourth-order valence-electron chi connectivity index (χ4n) is 1.61. The first-order chi connectivity index (χ1) is 10.2. The number of hydrogen-bond donors (Lipinski definition) is 0. The molecule has 0 aromatic heterocycles. The van der Waals surface area contributed by atoms with Crippen molar-refractivity contribution in [3.05, 3.63) is 44.0 Å². The number of carbonyl (C=O) groups is 2. The molecule has 0 bridgehead atoms. The number of nitro benzene ring substituents is 2. The van der Waals surface area contributed by atoms with Crippen molar-refractivity contribution < 1.29 is 28.6 Å². The second-order valence-electron chi connectivity index (χ2n) is 4.40. The Labute approximate surface area is 123 Å². The lowest BCUT2D eigenvalue weighted by Gasteiger charge is -2.11. The van der Waals surface area contributed by atoms with Crippen LogP contribution in [0.5, 0.6) is 0 Å². The zero-order valence-corrected chi connectivity index (χ0v) is 11.5. The molecule has 0 saturated heterocycles. The Balaban J connectivity index is 3.35. The molecule has 0 saturated carbocycles. The van der Waals surface area contributed by atoms with Gasteiger partial charge < -0.3 is 4.74 Å². The van der Waals surface area contributed by atoms with Gasteiger partial charge in [-0.15, -0.1) is 0 Å². The lowest BCUT2D eigenvalue weighted by Crippen LogP contribution is -2.30.